The van der Waals surface area contributed by atoms with Crippen LogP contribution >= 0.6 is 0 Å². The van der Waals surface area contributed by atoms with Gasteiger partial charge in [-0.1, -0.05) is 19.0 Å². The summed E-state index contributed by atoms with van der Waals surface area (Å²) in [5, 5.41) is 6.49. The number of nitrogens with one attached hydrogen (secondary N) is 1. The molecule has 0 aliphatic rings. The van der Waals surface area contributed by atoms with Crippen LogP contribution in [0.1, 0.15) is 42.9 Å². The van der Waals surface area contributed by atoms with Crippen LogP contribution in [0.3, 0.4) is 0 Å². The van der Waals surface area contributed by atoms with Crippen LogP contribution in [0.25, 0.3) is 0 Å². The van der Waals surface area contributed by atoms with E-state index in [1.54, 1.807) is 13.2 Å². The summed E-state index contributed by atoms with van der Waals surface area (Å²) in [6.07, 6.45) is 0. The lowest BCUT2D eigenvalue weighted by atomic mass is 10.1. The maximum atomic E-state index is 11.7. The predicted molar refractivity (Wildman–Crippen MR) is 59.4 cm³/mol. The lowest BCUT2D eigenvalue weighted by Crippen LogP contribution is -2.35. The monoisotopic (exact) mass is 226 g/mol. The van der Waals surface area contributed by atoms with E-state index in [0.717, 1.165) is 0 Å². The topological polar surface area (TPSA) is 64.4 Å². The van der Waals surface area contributed by atoms with Crippen molar-refractivity contribution in [2.45, 2.75) is 32.7 Å². The SMILES string of the molecule is COC[C@@H](C)NC(=O)c1cc(C(C)C)on1. The Bertz CT molecular complexity index is 347. The molecule has 1 aromatic rings. The highest BCUT2D eigenvalue weighted by molar-refractivity contribution is 5.92. The zero-order valence-corrected chi connectivity index (χ0v) is 10.1. The Labute approximate surface area is 95.1 Å². The second kappa shape index (κ2) is 5.65. The average molecular weight is 226 g/mol. The van der Waals surface area contributed by atoms with Gasteiger partial charge in [0, 0.05) is 25.1 Å². The molecule has 1 amide bonds. The highest BCUT2D eigenvalue weighted by atomic mass is 16.5. The number of carbonyl (C=O) groups is 1. The quantitative estimate of drug-likeness (QED) is 0.827. The minimum atomic E-state index is -0.236. The van der Waals surface area contributed by atoms with Crippen LogP contribution < -0.4 is 5.32 Å². The van der Waals surface area contributed by atoms with Crippen LogP contribution in [-0.2, 0) is 4.74 Å². The van der Waals surface area contributed by atoms with Gasteiger partial charge in [-0.15, -0.1) is 0 Å². The van der Waals surface area contributed by atoms with E-state index in [4.69, 9.17) is 9.26 Å². The zero-order chi connectivity index (χ0) is 12.1. The Morgan fingerprint density at radius 1 is 1.56 bits per heavy atom. The fourth-order valence-corrected chi connectivity index (χ4v) is 1.26. The molecule has 0 aromatic carbocycles. The third kappa shape index (κ3) is 3.34. The molecular weight excluding hydrogens is 208 g/mol. The Morgan fingerprint density at radius 2 is 2.25 bits per heavy atom. The zero-order valence-electron chi connectivity index (χ0n) is 10.1. The normalized spacial score (nSPS) is 12.8. The minimum Gasteiger partial charge on any atom is -0.383 e. The molecule has 0 spiro atoms. The van der Waals surface area contributed by atoms with Crippen molar-refractivity contribution < 1.29 is 14.1 Å². The standard InChI is InChI=1S/C11H18N2O3/c1-7(2)10-5-9(13-16-10)11(14)12-8(3)6-15-4/h5,7-8H,6H2,1-4H3,(H,12,14)/t8-/m1/s1. The molecule has 5 nitrogen and oxygen atoms in total. The number of hydrogen-bond acceptors (Lipinski definition) is 4. The Morgan fingerprint density at radius 3 is 2.75 bits per heavy atom. The Kier molecular flexibility index (Phi) is 4.49. The van der Waals surface area contributed by atoms with Gasteiger partial charge in [0.2, 0.25) is 0 Å². The number of methoxy groups -OCH3 is 1. The van der Waals surface area contributed by atoms with Crippen LogP contribution in [0.5, 0.6) is 0 Å². The molecule has 0 radical (unpaired) electrons. The number of rotatable bonds is 5. The Hall–Kier alpha value is -1.36. The lowest BCUT2D eigenvalue weighted by molar-refractivity contribution is 0.0896. The molecule has 0 aliphatic carbocycles. The second-order valence-corrected chi connectivity index (χ2v) is 4.10. The summed E-state index contributed by atoms with van der Waals surface area (Å²) in [5.74, 6) is 0.704. The van der Waals surface area contributed by atoms with Crippen LogP contribution in [0, 0.1) is 0 Å². The molecule has 0 bridgehead atoms. The summed E-state index contributed by atoms with van der Waals surface area (Å²) in [6, 6.07) is 1.62. The van der Waals surface area contributed by atoms with Crippen LogP contribution in [0.2, 0.25) is 0 Å². The van der Waals surface area contributed by atoms with Gasteiger partial charge in [-0.2, -0.15) is 0 Å². The van der Waals surface area contributed by atoms with Gasteiger partial charge in [0.05, 0.1) is 6.61 Å². The summed E-state index contributed by atoms with van der Waals surface area (Å²) in [7, 11) is 1.59. The van der Waals surface area contributed by atoms with Crippen molar-refractivity contribution in [3.05, 3.63) is 17.5 Å². The largest absolute Gasteiger partial charge is 0.383 e. The maximum Gasteiger partial charge on any atom is 0.273 e. The van der Waals surface area contributed by atoms with Crippen LogP contribution in [-0.4, -0.2) is 30.8 Å². The molecule has 90 valence electrons. The molecular formula is C11H18N2O3. The summed E-state index contributed by atoms with van der Waals surface area (Å²) in [5.41, 5.74) is 0.312. The van der Waals surface area contributed by atoms with Crippen molar-refractivity contribution in [3.63, 3.8) is 0 Å². The first-order chi connectivity index (χ1) is 7.54. The van der Waals surface area contributed by atoms with Crippen molar-refractivity contribution >= 4 is 5.91 Å². The molecule has 1 rings (SSSR count). The number of carbonyl (C=O) groups excluding carboxylic acids is 1. The van der Waals surface area contributed by atoms with Crippen LogP contribution in [0.15, 0.2) is 10.6 Å². The van der Waals surface area contributed by atoms with Crippen molar-refractivity contribution in [2.24, 2.45) is 0 Å². The van der Waals surface area contributed by atoms with Gasteiger partial charge < -0.3 is 14.6 Å². The molecule has 1 atom stereocenters. The van der Waals surface area contributed by atoms with E-state index in [-0.39, 0.29) is 17.9 Å². The predicted octanol–water partition coefficient (Wildman–Crippen LogP) is 1.56. The van der Waals surface area contributed by atoms with E-state index >= 15 is 0 Å². The van der Waals surface area contributed by atoms with Gasteiger partial charge in [-0.05, 0) is 6.92 Å². The lowest BCUT2D eigenvalue weighted by Gasteiger charge is -2.10. The van der Waals surface area contributed by atoms with E-state index in [1.807, 2.05) is 20.8 Å². The summed E-state index contributed by atoms with van der Waals surface area (Å²) < 4.78 is 9.97. The van der Waals surface area contributed by atoms with E-state index in [2.05, 4.69) is 10.5 Å². The van der Waals surface area contributed by atoms with Gasteiger partial charge in [0.15, 0.2) is 5.69 Å². The summed E-state index contributed by atoms with van der Waals surface area (Å²) in [4.78, 5) is 11.7. The average Bonchev–Trinajstić information content (AvgIpc) is 2.66. The van der Waals surface area contributed by atoms with Gasteiger partial charge >= 0.3 is 0 Å². The number of hydrogen-bond donors (Lipinski definition) is 1. The fraction of sp³-hybridized carbons (Fsp3) is 0.636. The van der Waals surface area contributed by atoms with Crippen LogP contribution in [0.4, 0.5) is 0 Å². The molecule has 0 unspecified atom stereocenters. The third-order valence-electron chi connectivity index (χ3n) is 2.12. The Balaban J connectivity index is 2.59. The highest BCUT2D eigenvalue weighted by Crippen LogP contribution is 2.14. The van der Waals surface area contributed by atoms with Gasteiger partial charge in [0.25, 0.3) is 5.91 Å². The van der Waals surface area contributed by atoms with Crippen molar-refractivity contribution in [1.29, 1.82) is 0 Å². The molecule has 1 aromatic heterocycles. The third-order valence-corrected chi connectivity index (χ3v) is 2.12. The van der Waals surface area contributed by atoms with Crippen molar-refractivity contribution in [1.82, 2.24) is 10.5 Å². The molecule has 5 heteroatoms. The second-order valence-electron chi connectivity index (χ2n) is 4.10. The first kappa shape index (κ1) is 12.7. The first-order valence-corrected chi connectivity index (χ1v) is 5.31. The van der Waals surface area contributed by atoms with Gasteiger partial charge in [0.1, 0.15) is 5.76 Å². The first-order valence-electron chi connectivity index (χ1n) is 5.31. The molecule has 1 heterocycles. The number of nitrogens with zero attached hydrogens (tertiary/aromatic N) is 1. The van der Waals surface area contributed by atoms with E-state index in [1.165, 1.54) is 0 Å². The number of amides is 1. The fourth-order valence-electron chi connectivity index (χ4n) is 1.26. The van der Waals surface area contributed by atoms with E-state index < -0.39 is 0 Å². The summed E-state index contributed by atoms with van der Waals surface area (Å²) in [6.45, 7) is 6.30. The van der Waals surface area contributed by atoms with Gasteiger partial charge in [-0.3, -0.25) is 4.79 Å². The molecule has 1 N–H and O–H groups in total. The van der Waals surface area contributed by atoms with Crippen molar-refractivity contribution in [2.75, 3.05) is 13.7 Å². The highest BCUT2D eigenvalue weighted by Gasteiger charge is 2.15. The van der Waals surface area contributed by atoms with Crippen molar-refractivity contribution in [3.8, 4) is 0 Å². The molecule has 16 heavy (non-hydrogen) atoms. The smallest absolute Gasteiger partial charge is 0.273 e. The molecule has 0 aliphatic heterocycles. The summed E-state index contributed by atoms with van der Waals surface area (Å²) >= 11 is 0. The molecule has 0 saturated carbocycles. The molecule has 0 saturated heterocycles. The molecule has 0 fully saturated rings. The van der Waals surface area contributed by atoms with E-state index in [9.17, 15) is 4.79 Å². The maximum absolute atomic E-state index is 11.7. The van der Waals surface area contributed by atoms with E-state index in [0.29, 0.717) is 18.1 Å². The van der Waals surface area contributed by atoms with Gasteiger partial charge in [-0.25, -0.2) is 0 Å². The number of ether oxygens (including phenoxy) is 1. The number of aromatic nitrogens is 1. The minimum absolute atomic E-state index is 0.0447.